The summed E-state index contributed by atoms with van der Waals surface area (Å²) in [4.78, 5) is 16.6. The van der Waals surface area contributed by atoms with Gasteiger partial charge in [0.25, 0.3) is 0 Å². The first kappa shape index (κ1) is 20.6. The highest BCUT2D eigenvalue weighted by atomic mass is 16.1. The number of aromatic nitrogens is 1. The average molecular weight is 375 g/mol. The van der Waals surface area contributed by atoms with Crippen molar-refractivity contribution in [1.82, 2.24) is 10.3 Å². The van der Waals surface area contributed by atoms with Crippen LogP contribution in [0.3, 0.4) is 0 Å². The number of amides is 1. The van der Waals surface area contributed by atoms with E-state index in [0.717, 1.165) is 23.6 Å². The van der Waals surface area contributed by atoms with Crippen LogP contribution in [0, 0.1) is 11.8 Å². The molecular formula is C23H30BN3O. The third-order valence-electron chi connectivity index (χ3n) is 5.65. The Bertz CT molecular complexity index is 766. The Balaban J connectivity index is 1.50. The van der Waals surface area contributed by atoms with Crippen molar-refractivity contribution in [2.45, 2.75) is 45.4 Å². The van der Waals surface area contributed by atoms with Gasteiger partial charge in [0.2, 0.25) is 5.91 Å². The molecule has 1 heterocycles. The van der Waals surface area contributed by atoms with Gasteiger partial charge < -0.3 is 10.6 Å². The molecule has 1 saturated carbocycles. The van der Waals surface area contributed by atoms with E-state index in [4.69, 9.17) is 7.85 Å². The van der Waals surface area contributed by atoms with Crippen molar-refractivity contribution >= 4 is 25.0 Å². The summed E-state index contributed by atoms with van der Waals surface area (Å²) in [6.07, 6.45) is 9.55. The van der Waals surface area contributed by atoms with Crippen LogP contribution >= 0.6 is 0 Å². The van der Waals surface area contributed by atoms with Crippen molar-refractivity contribution in [3.63, 3.8) is 0 Å². The number of hydrogen-bond acceptors (Lipinski definition) is 3. The first-order valence-electron chi connectivity index (χ1n) is 10.4. The van der Waals surface area contributed by atoms with E-state index >= 15 is 0 Å². The topological polar surface area (TPSA) is 54.0 Å². The maximum absolute atomic E-state index is 12.4. The molecule has 5 heteroatoms. The fourth-order valence-electron chi connectivity index (χ4n) is 3.89. The summed E-state index contributed by atoms with van der Waals surface area (Å²) in [6, 6.07) is 11.8. The molecular weight excluding hydrogens is 345 g/mol. The molecule has 0 spiro atoms. The number of pyridine rings is 1. The zero-order valence-electron chi connectivity index (χ0n) is 16.8. The molecule has 2 radical (unpaired) electrons. The molecule has 1 fully saturated rings. The second-order valence-corrected chi connectivity index (χ2v) is 8.03. The molecule has 146 valence electrons. The van der Waals surface area contributed by atoms with Crippen LogP contribution in [0.25, 0.3) is 11.1 Å². The first-order chi connectivity index (χ1) is 13.6. The lowest BCUT2D eigenvalue weighted by atomic mass is 9.86. The Kier molecular flexibility index (Phi) is 7.66. The Morgan fingerprint density at radius 2 is 1.89 bits per heavy atom. The number of nitrogens with one attached hydrogen (secondary N) is 2. The van der Waals surface area contributed by atoms with Crippen LogP contribution in [-0.2, 0) is 4.79 Å². The Morgan fingerprint density at radius 1 is 1.11 bits per heavy atom. The molecule has 28 heavy (non-hydrogen) atoms. The SMILES string of the molecule is [B]c1ncc(-c2ccccc2)cc1NC(=O)CNCC1CCCCC(C)CC1. The Hall–Kier alpha value is -2.14. The predicted molar refractivity (Wildman–Crippen MR) is 117 cm³/mol. The van der Waals surface area contributed by atoms with Crippen molar-refractivity contribution in [3.05, 3.63) is 42.6 Å². The molecule has 1 amide bonds. The van der Waals surface area contributed by atoms with Crippen LogP contribution in [0.5, 0.6) is 0 Å². The zero-order chi connectivity index (χ0) is 19.8. The monoisotopic (exact) mass is 375 g/mol. The summed E-state index contributed by atoms with van der Waals surface area (Å²) in [7, 11) is 5.96. The Labute approximate surface area is 169 Å². The van der Waals surface area contributed by atoms with Crippen LogP contribution in [0.15, 0.2) is 42.6 Å². The maximum atomic E-state index is 12.4. The van der Waals surface area contributed by atoms with Gasteiger partial charge in [-0.1, -0.05) is 62.9 Å². The van der Waals surface area contributed by atoms with E-state index in [1.807, 2.05) is 36.4 Å². The molecule has 0 saturated heterocycles. The van der Waals surface area contributed by atoms with Gasteiger partial charge in [0.15, 0.2) is 0 Å². The van der Waals surface area contributed by atoms with E-state index in [0.29, 0.717) is 23.7 Å². The lowest BCUT2D eigenvalue weighted by Gasteiger charge is -2.23. The summed E-state index contributed by atoms with van der Waals surface area (Å²) in [5.74, 6) is 1.42. The maximum Gasteiger partial charge on any atom is 0.238 e. The van der Waals surface area contributed by atoms with Crippen LogP contribution < -0.4 is 16.2 Å². The van der Waals surface area contributed by atoms with Crippen molar-refractivity contribution < 1.29 is 4.79 Å². The lowest BCUT2D eigenvalue weighted by molar-refractivity contribution is -0.115. The van der Waals surface area contributed by atoms with E-state index in [9.17, 15) is 4.79 Å². The summed E-state index contributed by atoms with van der Waals surface area (Å²) < 4.78 is 0. The minimum atomic E-state index is -0.0853. The van der Waals surface area contributed by atoms with Gasteiger partial charge in [-0.05, 0) is 42.9 Å². The highest BCUT2D eigenvalue weighted by Gasteiger charge is 2.15. The minimum Gasteiger partial charge on any atom is -0.324 e. The summed E-state index contributed by atoms with van der Waals surface area (Å²) in [6.45, 7) is 3.55. The van der Waals surface area contributed by atoms with Gasteiger partial charge >= 0.3 is 0 Å². The van der Waals surface area contributed by atoms with E-state index < -0.39 is 0 Å². The molecule has 4 nitrogen and oxygen atoms in total. The molecule has 1 aliphatic rings. The number of nitrogens with zero attached hydrogens (tertiary/aromatic N) is 1. The molecule has 1 aliphatic carbocycles. The molecule has 2 unspecified atom stereocenters. The summed E-state index contributed by atoms with van der Waals surface area (Å²) >= 11 is 0. The van der Waals surface area contributed by atoms with Crippen LogP contribution in [0.2, 0.25) is 0 Å². The van der Waals surface area contributed by atoms with Crippen molar-refractivity contribution in [2.75, 3.05) is 18.4 Å². The van der Waals surface area contributed by atoms with Gasteiger partial charge in [-0.3, -0.25) is 9.78 Å². The molecule has 2 N–H and O–H groups in total. The molecule has 2 atom stereocenters. The van der Waals surface area contributed by atoms with Gasteiger partial charge in [-0.2, -0.15) is 0 Å². The second kappa shape index (κ2) is 10.4. The standard InChI is InChI=1S/C23H30BN3O/c1-17-7-5-6-8-18(12-11-17)14-25-16-22(28)27-21-13-20(15-26-23(21)24)19-9-3-2-4-10-19/h2-4,9-10,13,15,17-18,25H,5-8,11-12,14,16H2,1H3,(H,27,28). The molecule has 1 aromatic carbocycles. The highest BCUT2D eigenvalue weighted by molar-refractivity contribution is 6.34. The lowest BCUT2D eigenvalue weighted by Crippen LogP contribution is -2.33. The van der Waals surface area contributed by atoms with Gasteiger partial charge in [-0.25, -0.2) is 0 Å². The fourth-order valence-corrected chi connectivity index (χ4v) is 3.89. The van der Waals surface area contributed by atoms with Gasteiger partial charge in [0.05, 0.1) is 12.2 Å². The van der Waals surface area contributed by atoms with Crippen LogP contribution in [0.4, 0.5) is 5.69 Å². The van der Waals surface area contributed by atoms with Crippen LogP contribution in [-0.4, -0.2) is 31.8 Å². The zero-order valence-corrected chi connectivity index (χ0v) is 16.8. The third kappa shape index (κ3) is 6.20. The normalized spacial score (nSPS) is 20.2. The van der Waals surface area contributed by atoms with E-state index in [-0.39, 0.29) is 5.91 Å². The number of carbonyl (C=O) groups is 1. The molecule has 0 bridgehead atoms. The molecule has 3 rings (SSSR count). The van der Waals surface area contributed by atoms with E-state index in [1.54, 1.807) is 6.20 Å². The number of rotatable bonds is 6. The third-order valence-corrected chi connectivity index (χ3v) is 5.65. The minimum absolute atomic E-state index is 0.0853. The quantitative estimate of drug-likeness (QED) is 0.758. The van der Waals surface area contributed by atoms with E-state index in [1.165, 1.54) is 38.5 Å². The smallest absolute Gasteiger partial charge is 0.238 e. The van der Waals surface area contributed by atoms with Crippen molar-refractivity contribution in [1.29, 1.82) is 0 Å². The van der Waals surface area contributed by atoms with Gasteiger partial charge in [0.1, 0.15) is 7.85 Å². The predicted octanol–water partition coefficient (Wildman–Crippen LogP) is 3.68. The highest BCUT2D eigenvalue weighted by Crippen LogP contribution is 2.25. The van der Waals surface area contributed by atoms with Crippen molar-refractivity contribution in [2.24, 2.45) is 11.8 Å². The number of carbonyl (C=O) groups excluding carboxylic acids is 1. The number of benzene rings is 1. The molecule has 1 aromatic heterocycles. The molecule has 2 aromatic rings. The van der Waals surface area contributed by atoms with Crippen molar-refractivity contribution in [3.8, 4) is 11.1 Å². The Morgan fingerprint density at radius 3 is 2.71 bits per heavy atom. The first-order valence-corrected chi connectivity index (χ1v) is 10.4. The van der Waals surface area contributed by atoms with Gasteiger partial charge in [-0.15, -0.1) is 0 Å². The largest absolute Gasteiger partial charge is 0.324 e. The number of anilines is 1. The van der Waals surface area contributed by atoms with E-state index in [2.05, 4.69) is 22.5 Å². The second-order valence-electron chi connectivity index (χ2n) is 8.03. The fraction of sp³-hybridized carbons (Fsp3) is 0.478. The van der Waals surface area contributed by atoms with Gasteiger partial charge in [0, 0.05) is 17.4 Å². The summed E-state index contributed by atoms with van der Waals surface area (Å²) in [5.41, 5.74) is 2.87. The molecule has 0 aliphatic heterocycles. The summed E-state index contributed by atoms with van der Waals surface area (Å²) in [5, 5.41) is 6.23. The van der Waals surface area contributed by atoms with Crippen LogP contribution in [0.1, 0.15) is 45.4 Å². The number of hydrogen-bond donors (Lipinski definition) is 2. The average Bonchev–Trinajstić information content (AvgIpc) is 2.69.